The summed E-state index contributed by atoms with van der Waals surface area (Å²) >= 11 is 9.65. The van der Waals surface area contributed by atoms with E-state index in [4.69, 9.17) is 31.5 Å². The first kappa shape index (κ1) is 25.7. The molecule has 13 heteroatoms. The minimum absolute atomic E-state index is 0.542. The number of anilines is 1. The number of fused-ring (bicyclic) bond motifs is 2. The summed E-state index contributed by atoms with van der Waals surface area (Å²) in [6, 6.07) is 7.14. The third-order valence-electron chi connectivity index (χ3n) is 6.14. The van der Waals surface area contributed by atoms with Crippen LogP contribution in [-0.2, 0) is 4.79 Å². The number of nitrogens with zero attached hydrogens (tertiary/aromatic N) is 4. The van der Waals surface area contributed by atoms with Gasteiger partial charge >= 0.3 is 12.1 Å². The molecule has 4 aromatic rings. The Hall–Kier alpha value is -2.41. The van der Waals surface area contributed by atoms with Crippen LogP contribution in [0, 0.1) is 0 Å². The van der Waals surface area contributed by atoms with Crippen molar-refractivity contribution in [2.24, 2.45) is 0 Å². The fourth-order valence-corrected chi connectivity index (χ4v) is 6.29. The van der Waals surface area contributed by atoms with Crippen molar-refractivity contribution in [1.29, 1.82) is 0 Å². The maximum absolute atomic E-state index is 10.6. The van der Waals surface area contributed by atoms with E-state index in [0.717, 1.165) is 47.8 Å². The lowest BCUT2D eigenvalue weighted by molar-refractivity contribution is -0.192. The predicted octanol–water partition coefficient (Wildman–Crippen LogP) is 6.11. The average molecular weight is 546 g/mol. The lowest BCUT2D eigenvalue weighted by Crippen LogP contribution is -2.46. The normalized spacial score (nSPS) is 19.1. The molecular formula is C22H23ClF3N5O2S2. The minimum atomic E-state index is -5.08. The summed E-state index contributed by atoms with van der Waals surface area (Å²) in [6.07, 6.45) is -0.808. The van der Waals surface area contributed by atoms with Gasteiger partial charge in [0.05, 0.1) is 5.52 Å². The molecule has 0 spiro atoms. The van der Waals surface area contributed by atoms with Crippen LogP contribution in [0.1, 0.15) is 19.8 Å². The number of aromatic nitrogens is 3. The van der Waals surface area contributed by atoms with Crippen LogP contribution in [0.25, 0.3) is 31.1 Å². The number of halogens is 4. The van der Waals surface area contributed by atoms with Gasteiger partial charge in [-0.2, -0.15) is 13.2 Å². The summed E-state index contributed by atoms with van der Waals surface area (Å²) in [4.78, 5) is 28.8. The van der Waals surface area contributed by atoms with Crippen molar-refractivity contribution >= 4 is 65.9 Å². The summed E-state index contributed by atoms with van der Waals surface area (Å²) in [5.74, 6) is -2.76. The number of aromatic amines is 1. The second-order valence-corrected chi connectivity index (χ2v) is 10.7. The molecule has 0 radical (unpaired) electrons. The van der Waals surface area contributed by atoms with E-state index in [1.54, 1.807) is 22.7 Å². The summed E-state index contributed by atoms with van der Waals surface area (Å²) in [5.41, 5.74) is 2.12. The number of rotatable bonds is 3. The number of carboxylic acid groups (broad SMARTS) is 1. The Morgan fingerprint density at radius 3 is 2.57 bits per heavy atom. The molecule has 1 saturated heterocycles. The number of nitrogens with one attached hydrogen (secondary N) is 1. The highest BCUT2D eigenvalue weighted by Crippen LogP contribution is 2.40. The van der Waals surface area contributed by atoms with Gasteiger partial charge in [0.15, 0.2) is 14.8 Å². The van der Waals surface area contributed by atoms with Gasteiger partial charge in [-0.3, -0.25) is 0 Å². The largest absolute Gasteiger partial charge is 0.490 e. The molecule has 35 heavy (non-hydrogen) atoms. The smallest absolute Gasteiger partial charge is 0.475 e. The molecule has 2 atom stereocenters. The lowest BCUT2D eigenvalue weighted by Gasteiger charge is -2.39. The number of hydrogen-bond acceptors (Lipinski definition) is 7. The van der Waals surface area contributed by atoms with E-state index in [-0.39, 0.29) is 0 Å². The first-order valence-corrected chi connectivity index (χ1v) is 12.7. The van der Waals surface area contributed by atoms with Crippen molar-refractivity contribution in [3.63, 3.8) is 0 Å². The van der Waals surface area contributed by atoms with Gasteiger partial charge < -0.3 is 19.9 Å². The minimum Gasteiger partial charge on any atom is -0.475 e. The Bertz CT molecular complexity index is 1320. The first-order chi connectivity index (χ1) is 16.5. The van der Waals surface area contributed by atoms with Crippen LogP contribution in [0.5, 0.6) is 0 Å². The van der Waals surface area contributed by atoms with Crippen LogP contribution in [0.4, 0.5) is 18.3 Å². The van der Waals surface area contributed by atoms with E-state index in [1.807, 2.05) is 24.4 Å². The molecule has 2 unspecified atom stereocenters. The molecule has 188 valence electrons. The van der Waals surface area contributed by atoms with Gasteiger partial charge in [0.25, 0.3) is 0 Å². The second-order valence-electron chi connectivity index (χ2n) is 8.41. The molecule has 1 aliphatic heterocycles. The third kappa shape index (κ3) is 5.40. The summed E-state index contributed by atoms with van der Waals surface area (Å²) in [5, 5.41) is 11.0. The zero-order chi connectivity index (χ0) is 25.5. The maximum Gasteiger partial charge on any atom is 0.490 e. The number of hydrogen-bond donors (Lipinski definition) is 2. The van der Waals surface area contributed by atoms with Crippen molar-refractivity contribution in [3.05, 3.63) is 29.4 Å². The van der Waals surface area contributed by atoms with E-state index < -0.39 is 12.1 Å². The highest BCUT2D eigenvalue weighted by molar-refractivity contribution is 7.29. The number of thiazole rings is 2. The molecule has 1 fully saturated rings. The molecule has 0 aliphatic carbocycles. The third-order valence-corrected chi connectivity index (χ3v) is 8.62. The lowest BCUT2D eigenvalue weighted by atomic mass is 9.98. The maximum atomic E-state index is 10.6. The number of alkyl halides is 3. The van der Waals surface area contributed by atoms with E-state index in [2.05, 4.69) is 35.8 Å². The Labute approximate surface area is 212 Å². The van der Waals surface area contributed by atoms with Crippen LogP contribution < -0.4 is 4.90 Å². The van der Waals surface area contributed by atoms with Gasteiger partial charge in [-0.25, -0.2) is 14.8 Å². The van der Waals surface area contributed by atoms with Crippen LogP contribution in [0.2, 0.25) is 5.02 Å². The molecule has 4 heterocycles. The van der Waals surface area contributed by atoms with Gasteiger partial charge in [0, 0.05) is 47.8 Å². The molecule has 1 aromatic carbocycles. The number of H-pyrrole nitrogens is 1. The fourth-order valence-electron chi connectivity index (χ4n) is 3.97. The molecule has 2 N–H and O–H groups in total. The quantitative estimate of drug-likeness (QED) is 0.323. The van der Waals surface area contributed by atoms with Gasteiger partial charge in [-0.05, 0) is 45.0 Å². The van der Waals surface area contributed by atoms with Gasteiger partial charge in [0.2, 0.25) is 0 Å². The highest BCUT2D eigenvalue weighted by atomic mass is 35.5. The summed E-state index contributed by atoms with van der Waals surface area (Å²) in [6.45, 7) is 3.45. The summed E-state index contributed by atoms with van der Waals surface area (Å²) < 4.78 is 31.7. The SMILES string of the molecule is CC1CC(N(C)c2nc3sc(-c4ccc(Cl)c5cc[nH]c45)nc3s2)CCN1C.O=C(O)C(F)(F)F. The van der Waals surface area contributed by atoms with Crippen molar-refractivity contribution in [3.8, 4) is 10.6 Å². The molecule has 5 rings (SSSR count). The van der Waals surface area contributed by atoms with Gasteiger partial charge in [-0.15, -0.1) is 0 Å². The molecule has 1 aliphatic rings. The number of piperidine rings is 1. The van der Waals surface area contributed by atoms with Crippen molar-refractivity contribution in [2.45, 2.75) is 38.0 Å². The molecule has 7 nitrogen and oxygen atoms in total. The standard InChI is InChI=1S/C20H22ClN5S2.C2HF3O2/c1-11-10-12(7-9-25(11)2)26(3)20-24-19-18(28-20)23-17(27-19)14-4-5-15(21)13-6-8-22-16(13)14;3-2(4,5)1(6)7/h4-6,8,11-12,22H,7,9-10H2,1-3H3;(H,6,7). The Morgan fingerprint density at radius 2 is 1.94 bits per heavy atom. The molecular weight excluding hydrogens is 523 g/mol. The van der Waals surface area contributed by atoms with E-state index >= 15 is 0 Å². The Kier molecular flexibility index (Phi) is 7.28. The average Bonchev–Trinajstić information content (AvgIpc) is 3.50. The predicted molar refractivity (Wildman–Crippen MR) is 135 cm³/mol. The van der Waals surface area contributed by atoms with Gasteiger partial charge in [0.1, 0.15) is 5.01 Å². The first-order valence-electron chi connectivity index (χ1n) is 10.7. The Morgan fingerprint density at radius 1 is 1.26 bits per heavy atom. The van der Waals surface area contributed by atoms with Crippen LogP contribution >= 0.6 is 34.3 Å². The summed E-state index contributed by atoms with van der Waals surface area (Å²) in [7, 11) is 4.39. The molecule has 0 bridgehead atoms. The molecule has 3 aromatic heterocycles. The number of aliphatic carboxylic acids is 1. The molecule has 0 saturated carbocycles. The van der Waals surface area contributed by atoms with Crippen molar-refractivity contribution in [1.82, 2.24) is 19.9 Å². The monoisotopic (exact) mass is 545 g/mol. The van der Waals surface area contributed by atoms with E-state index in [1.165, 1.54) is 12.8 Å². The Balaban J connectivity index is 0.000000364. The zero-order valence-corrected chi connectivity index (χ0v) is 21.4. The number of likely N-dealkylation sites (tertiary alicyclic amines) is 1. The zero-order valence-electron chi connectivity index (χ0n) is 19.1. The van der Waals surface area contributed by atoms with Crippen molar-refractivity contribution in [2.75, 3.05) is 25.5 Å². The number of carbonyl (C=O) groups is 1. The fraction of sp³-hybridized carbons (Fsp3) is 0.409. The topological polar surface area (TPSA) is 85.4 Å². The van der Waals surface area contributed by atoms with Crippen LogP contribution in [0.15, 0.2) is 24.4 Å². The van der Waals surface area contributed by atoms with Crippen LogP contribution in [0.3, 0.4) is 0 Å². The van der Waals surface area contributed by atoms with Crippen LogP contribution in [-0.4, -0.2) is 69.8 Å². The van der Waals surface area contributed by atoms with Gasteiger partial charge in [-0.1, -0.05) is 34.3 Å². The van der Waals surface area contributed by atoms with Crippen molar-refractivity contribution < 1.29 is 23.1 Å². The highest BCUT2D eigenvalue weighted by Gasteiger charge is 2.38. The van der Waals surface area contributed by atoms with E-state index in [9.17, 15) is 13.2 Å². The number of benzene rings is 1. The molecule has 0 amide bonds. The second kappa shape index (κ2) is 9.92. The number of carboxylic acids is 1. The van der Waals surface area contributed by atoms with E-state index in [0.29, 0.717) is 12.1 Å².